The van der Waals surface area contributed by atoms with Crippen LogP contribution in [0, 0.1) is 5.92 Å². The first-order chi connectivity index (χ1) is 16.0. The quantitative estimate of drug-likeness (QED) is 0.229. The van der Waals surface area contributed by atoms with Gasteiger partial charge in [0.15, 0.2) is 0 Å². The van der Waals surface area contributed by atoms with Gasteiger partial charge in [-0.25, -0.2) is 0 Å². The van der Waals surface area contributed by atoms with Gasteiger partial charge in [0.05, 0.1) is 26.7 Å². The van der Waals surface area contributed by atoms with Crippen LogP contribution in [0.25, 0.3) is 0 Å². The van der Waals surface area contributed by atoms with Crippen LogP contribution >= 0.6 is 21.6 Å². The fourth-order valence-corrected chi connectivity index (χ4v) is 7.44. The predicted molar refractivity (Wildman–Crippen MR) is 141 cm³/mol. The molecular weight excluding hydrogens is 444 g/mol. The summed E-state index contributed by atoms with van der Waals surface area (Å²) in [5.74, 6) is 1.06. The van der Waals surface area contributed by atoms with Gasteiger partial charge in [-0.15, -0.1) is 0 Å². The van der Waals surface area contributed by atoms with E-state index in [1.807, 2.05) is 58.0 Å². The van der Waals surface area contributed by atoms with Gasteiger partial charge in [0.2, 0.25) is 5.91 Å². The number of likely N-dealkylation sites (tertiary alicyclic amines) is 1. The van der Waals surface area contributed by atoms with Gasteiger partial charge in [-0.2, -0.15) is 0 Å². The number of carbonyl (C=O) groups excluding carboxylic acids is 1. The van der Waals surface area contributed by atoms with Crippen LogP contribution in [0.3, 0.4) is 0 Å². The van der Waals surface area contributed by atoms with E-state index in [9.17, 15) is 4.79 Å². The zero-order valence-corrected chi connectivity index (χ0v) is 20.9. The molecule has 2 atom stereocenters. The molecule has 0 saturated carbocycles. The number of rotatable bonds is 10. The van der Waals surface area contributed by atoms with E-state index in [1.54, 1.807) is 0 Å². The summed E-state index contributed by atoms with van der Waals surface area (Å²) in [5, 5.41) is 0. The molecule has 33 heavy (non-hydrogen) atoms. The van der Waals surface area contributed by atoms with E-state index in [0.29, 0.717) is 0 Å². The zero-order chi connectivity index (χ0) is 23.2. The highest BCUT2D eigenvalue weighted by atomic mass is 33.1. The predicted octanol–water partition coefficient (Wildman–Crippen LogP) is 5.76. The molecule has 0 bridgehead atoms. The van der Waals surface area contributed by atoms with Crippen LogP contribution in [0.4, 0.5) is 0 Å². The molecule has 3 aromatic rings. The van der Waals surface area contributed by atoms with Crippen LogP contribution < -0.4 is 5.73 Å². The molecule has 1 aliphatic heterocycles. The molecule has 3 aromatic carbocycles. The lowest BCUT2D eigenvalue weighted by molar-refractivity contribution is -0.899. The maximum Gasteiger partial charge on any atom is 0.233 e. The third-order valence-electron chi connectivity index (χ3n) is 6.96. The first-order valence-electron chi connectivity index (χ1n) is 11.6. The van der Waals surface area contributed by atoms with E-state index in [-0.39, 0.29) is 11.8 Å². The standard InChI is InChI=1S/C28H32N2OS2/c1-30(19-11-21-32-33-26-16-9-4-10-17-26)20-18-25(22-30)28(27(29)31,23-12-5-2-6-13-23)24-14-7-3-8-15-24/h2-10,12-17,25H,11,18-22H2,1H3,(H-,29,31)/p+1/t25?,30-/m1/s1. The number of nitrogens with zero attached hydrogens (tertiary/aromatic N) is 1. The van der Waals surface area contributed by atoms with Crippen LogP contribution in [-0.4, -0.2) is 42.8 Å². The lowest BCUT2D eigenvalue weighted by Crippen LogP contribution is -2.51. The summed E-state index contributed by atoms with van der Waals surface area (Å²) in [6, 6.07) is 30.9. The highest BCUT2D eigenvalue weighted by Crippen LogP contribution is 2.45. The Morgan fingerprint density at radius 1 is 0.939 bits per heavy atom. The van der Waals surface area contributed by atoms with Gasteiger partial charge >= 0.3 is 0 Å². The first kappa shape index (κ1) is 23.9. The van der Waals surface area contributed by atoms with Gasteiger partial charge in [-0.1, -0.05) is 100 Å². The SMILES string of the molecule is C[N@@+]1(CCCSSc2ccccc2)CCC(C(C(N)=O)(c2ccccc2)c2ccccc2)C1. The van der Waals surface area contributed by atoms with Crippen molar-refractivity contribution < 1.29 is 9.28 Å². The second-order valence-corrected chi connectivity index (χ2v) is 11.7. The van der Waals surface area contributed by atoms with Gasteiger partial charge < -0.3 is 10.2 Å². The molecule has 4 rings (SSSR count). The maximum atomic E-state index is 13.3. The van der Waals surface area contributed by atoms with E-state index < -0.39 is 5.41 Å². The van der Waals surface area contributed by atoms with E-state index >= 15 is 0 Å². The summed E-state index contributed by atoms with van der Waals surface area (Å²) in [5.41, 5.74) is 7.47. The van der Waals surface area contributed by atoms with Crippen molar-refractivity contribution in [1.29, 1.82) is 0 Å². The van der Waals surface area contributed by atoms with Crippen molar-refractivity contribution in [3.8, 4) is 0 Å². The van der Waals surface area contributed by atoms with Crippen LogP contribution in [0.15, 0.2) is 95.9 Å². The number of hydrogen-bond acceptors (Lipinski definition) is 3. The number of carbonyl (C=O) groups is 1. The van der Waals surface area contributed by atoms with Crippen molar-refractivity contribution >= 4 is 27.5 Å². The van der Waals surface area contributed by atoms with Crippen LogP contribution in [0.2, 0.25) is 0 Å². The third-order valence-corrected chi connectivity index (χ3v) is 9.43. The zero-order valence-electron chi connectivity index (χ0n) is 19.2. The summed E-state index contributed by atoms with van der Waals surface area (Å²) < 4.78 is 0.996. The lowest BCUT2D eigenvalue weighted by Gasteiger charge is -2.38. The number of benzene rings is 3. The molecule has 0 radical (unpaired) electrons. The molecule has 1 amide bonds. The van der Waals surface area contributed by atoms with Crippen molar-refractivity contribution in [2.24, 2.45) is 11.7 Å². The fraction of sp³-hybridized carbons (Fsp3) is 0.321. The molecule has 1 saturated heterocycles. The second kappa shape index (κ2) is 10.8. The molecule has 1 fully saturated rings. The minimum Gasteiger partial charge on any atom is -0.369 e. The Morgan fingerprint density at radius 3 is 2.03 bits per heavy atom. The van der Waals surface area contributed by atoms with Crippen molar-refractivity contribution in [1.82, 2.24) is 0 Å². The Balaban J connectivity index is 1.47. The average Bonchev–Trinajstić information content (AvgIpc) is 3.23. The maximum absolute atomic E-state index is 13.3. The Kier molecular flexibility index (Phi) is 7.84. The summed E-state index contributed by atoms with van der Waals surface area (Å²) in [6.07, 6.45) is 2.16. The molecule has 0 aromatic heterocycles. The molecule has 1 heterocycles. The monoisotopic (exact) mass is 477 g/mol. The van der Waals surface area contributed by atoms with E-state index in [0.717, 1.165) is 53.8 Å². The Hall–Kier alpha value is -2.21. The number of primary amides is 1. The van der Waals surface area contributed by atoms with E-state index in [4.69, 9.17) is 5.73 Å². The molecule has 1 unspecified atom stereocenters. The van der Waals surface area contributed by atoms with Crippen molar-refractivity contribution in [3.05, 3.63) is 102 Å². The molecule has 0 aliphatic carbocycles. The summed E-state index contributed by atoms with van der Waals surface area (Å²) >= 11 is 0. The van der Waals surface area contributed by atoms with Crippen LogP contribution in [0.1, 0.15) is 24.0 Å². The smallest absolute Gasteiger partial charge is 0.233 e. The fourth-order valence-electron chi connectivity index (χ4n) is 5.36. The summed E-state index contributed by atoms with van der Waals surface area (Å²) in [6.45, 7) is 3.16. The largest absolute Gasteiger partial charge is 0.369 e. The normalized spacial score (nSPS) is 20.6. The number of amides is 1. The number of quaternary nitrogens is 1. The van der Waals surface area contributed by atoms with E-state index in [2.05, 4.69) is 61.6 Å². The highest BCUT2D eigenvalue weighted by Gasteiger charge is 2.53. The average molecular weight is 478 g/mol. The highest BCUT2D eigenvalue weighted by molar-refractivity contribution is 8.76. The van der Waals surface area contributed by atoms with Gasteiger partial charge in [0.1, 0.15) is 5.41 Å². The molecular formula is C28H33N2OS2+. The molecule has 0 spiro atoms. The van der Waals surface area contributed by atoms with Gasteiger partial charge in [-0.05, 0) is 23.3 Å². The molecule has 2 N–H and O–H groups in total. The summed E-state index contributed by atoms with van der Waals surface area (Å²) in [4.78, 5) is 14.6. The van der Waals surface area contributed by atoms with Crippen molar-refractivity contribution in [3.63, 3.8) is 0 Å². The lowest BCUT2D eigenvalue weighted by atomic mass is 9.64. The van der Waals surface area contributed by atoms with Crippen molar-refractivity contribution in [2.75, 3.05) is 32.4 Å². The number of hydrogen-bond donors (Lipinski definition) is 1. The molecule has 1 aliphatic rings. The van der Waals surface area contributed by atoms with Crippen molar-refractivity contribution in [2.45, 2.75) is 23.2 Å². The van der Waals surface area contributed by atoms with Gasteiger partial charge in [-0.3, -0.25) is 4.79 Å². The Morgan fingerprint density at radius 2 is 1.48 bits per heavy atom. The third kappa shape index (κ3) is 5.32. The Bertz CT molecular complexity index is 990. The minimum absolute atomic E-state index is 0.177. The minimum atomic E-state index is -0.795. The molecule has 3 nitrogen and oxygen atoms in total. The molecule has 5 heteroatoms. The number of nitrogens with two attached hydrogens (primary N) is 1. The first-order valence-corrected chi connectivity index (χ1v) is 14.0. The second-order valence-electron chi connectivity index (χ2n) is 9.21. The molecule has 172 valence electrons. The van der Waals surface area contributed by atoms with E-state index in [1.165, 1.54) is 4.90 Å². The van der Waals surface area contributed by atoms with Crippen LogP contribution in [0.5, 0.6) is 0 Å². The Labute approximate surface area is 205 Å². The van der Waals surface area contributed by atoms with Gasteiger partial charge in [0, 0.05) is 29.4 Å². The van der Waals surface area contributed by atoms with Gasteiger partial charge in [0.25, 0.3) is 0 Å². The van der Waals surface area contributed by atoms with Crippen LogP contribution in [-0.2, 0) is 10.2 Å². The summed E-state index contributed by atoms with van der Waals surface area (Å²) in [7, 11) is 6.12. The topological polar surface area (TPSA) is 43.1 Å².